The van der Waals surface area contributed by atoms with Gasteiger partial charge in [0.1, 0.15) is 13.2 Å². The lowest BCUT2D eigenvalue weighted by atomic mass is 10.0. The highest BCUT2D eigenvalue weighted by Crippen LogP contribution is 2.29. The number of ether oxygens (including phenoxy) is 1. The Balaban J connectivity index is 2.47. The fourth-order valence-electron chi connectivity index (χ4n) is 2.64. The van der Waals surface area contributed by atoms with Crippen LogP contribution in [0.3, 0.4) is 0 Å². The predicted octanol–water partition coefficient (Wildman–Crippen LogP) is 1.54. The van der Waals surface area contributed by atoms with Gasteiger partial charge >= 0.3 is 6.18 Å². The van der Waals surface area contributed by atoms with Crippen molar-refractivity contribution < 1.29 is 22.7 Å². The maximum atomic E-state index is 11.9. The lowest BCUT2D eigenvalue weighted by Crippen LogP contribution is -2.45. The highest BCUT2D eigenvalue weighted by Gasteiger charge is 2.34. The Labute approximate surface area is 111 Å². The number of carbonyl (C=O) groups is 1. The van der Waals surface area contributed by atoms with E-state index < -0.39 is 25.3 Å². The maximum Gasteiger partial charge on any atom is 0.411 e. The molecular weight excluding hydrogens is 261 g/mol. The van der Waals surface area contributed by atoms with Crippen LogP contribution in [0.15, 0.2) is 0 Å². The second-order valence-electron chi connectivity index (χ2n) is 4.78. The van der Waals surface area contributed by atoms with E-state index in [1.165, 1.54) is 0 Å². The molecule has 2 unspecified atom stereocenters. The van der Waals surface area contributed by atoms with Crippen molar-refractivity contribution >= 4 is 5.91 Å². The molecule has 0 aromatic heterocycles. The highest BCUT2D eigenvalue weighted by molar-refractivity contribution is 5.77. The Hall–Kier alpha value is -0.820. The van der Waals surface area contributed by atoms with Crippen LogP contribution in [0, 0.1) is 5.92 Å². The van der Waals surface area contributed by atoms with Crippen LogP contribution in [0.4, 0.5) is 13.2 Å². The number of amides is 1. The summed E-state index contributed by atoms with van der Waals surface area (Å²) >= 11 is 0. The Morgan fingerprint density at radius 3 is 2.63 bits per heavy atom. The van der Waals surface area contributed by atoms with Crippen LogP contribution >= 0.6 is 0 Å². The molecule has 1 fully saturated rings. The number of nitrogens with zero attached hydrogens (tertiary/aromatic N) is 1. The molecule has 0 bridgehead atoms. The molecule has 0 aromatic rings. The third-order valence-corrected chi connectivity index (χ3v) is 3.47. The van der Waals surface area contributed by atoms with E-state index in [2.05, 4.69) is 4.74 Å². The molecule has 0 heterocycles. The molecule has 2 atom stereocenters. The second kappa shape index (κ2) is 7.09. The van der Waals surface area contributed by atoms with Crippen molar-refractivity contribution in [3.63, 3.8) is 0 Å². The number of nitrogens with two attached hydrogens (primary N) is 1. The molecule has 1 amide bonds. The number of alkyl halides is 3. The van der Waals surface area contributed by atoms with E-state index in [4.69, 9.17) is 5.73 Å². The molecule has 2 N–H and O–H groups in total. The van der Waals surface area contributed by atoms with E-state index in [0.717, 1.165) is 19.3 Å². The van der Waals surface area contributed by atoms with Crippen LogP contribution in [0.25, 0.3) is 0 Å². The van der Waals surface area contributed by atoms with Crippen molar-refractivity contribution in [1.82, 2.24) is 4.90 Å². The fourth-order valence-corrected chi connectivity index (χ4v) is 2.64. The summed E-state index contributed by atoms with van der Waals surface area (Å²) in [6.07, 6.45) is -1.57. The molecule has 112 valence electrons. The molecule has 4 nitrogen and oxygen atoms in total. The summed E-state index contributed by atoms with van der Waals surface area (Å²) in [5.41, 5.74) is 5.66. The van der Waals surface area contributed by atoms with Crippen molar-refractivity contribution in [2.24, 2.45) is 11.7 Å². The zero-order valence-electron chi connectivity index (χ0n) is 11.1. The average molecular weight is 282 g/mol. The smallest absolute Gasteiger partial charge is 0.362 e. The first-order valence-electron chi connectivity index (χ1n) is 6.53. The molecule has 0 radical (unpaired) electrons. The average Bonchev–Trinajstić information content (AvgIpc) is 2.76. The lowest BCUT2D eigenvalue weighted by Gasteiger charge is -2.31. The van der Waals surface area contributed by atoms with Gasteiger partial charge in [-0.3, -0.25) is 4.79 Å². The summed E-state index contributed by atoms with van der Waals surface area (Å²) in [6.45, 7) is 0.864. The van der Waals surface area contributed by atoms with Gasteiger partial charge in [0.2, 0.25) is 5.91 Å². The Bertz CT molecular complexity index is 297. The van der Waals surface area contributed by atoms with Gasteiger partial charge in [-0.15, -0.1) is 0 Å². The normalized spacial score (nSPS) is 23.6. The van der Waals surface area contributed by atoms with Gasteiger partial charge < -0.3 is 15.4 Å². The lowest BCUT2D eigenvalue weighted by molar-refractivity contribution is -0.178. The molecule has 0 aliphatic heterocycles. The topological polar surface area (TPSA) is 55.6 Å². The fraction of sp³-hybridized carbons (Fsp3) is 0.917. The predicted molar refractivity (Wildman–Crippen MR) is 64.4 cm³/mol. The summed E-state index contributed by atoms with van der Waals surface area (Å²) in [5, 5.41) is 0. The van der Waals surface area contributed by atoms with Crippen LogP contribution in [0.1, 0.15) is 26.2 Å². The van der Waals surface area contributed by atoms with E-state index in [0.29, 0.717) is 13.1 Å². The van der Waals surface area contributed by atoms with Crippen LogP contribution < -0.4 is 5.73 Å². The monoisotopic (exact) mass is 282 g/mol. The minimum Gasteiger partial charge on any atom is -0.362 e. The third-order valence-electron chi connectivity index (χ3n) is 3.47. The molecule has 1 rings (SSSR count). The quantitative estimate of drug-likeness (QED) is 0.804. The van der Waals surface area contributed by atoms with E-state index in [-0.39, 0.29) is 12.0 Å². The summed E-state index contributed by atoms with van der Waals surface area (Å²) in [7, 11) is 0. The zero-order valence-corrected chi connectivity index (χ0v) is 11.1. The molecule has 0 spiro atoms. The van der Waals surface area contributed by atoms with Crippen LogP contribution in [-0.2, 0) is 9.53 Å². The molecular formula is C12H21F3N2O2. The van der Waals surface area contributed by atoms with Crippen molar-refractivity contribution in [2.75, 3.05) is 26.3 Å². The molecule has 1 saturated carbocycles. The van der Waals surface area contributed by atoms with Crippen molar-refractivity contribution in [2.45, 2.75) is 38.4 Å². The summed E-state index contributed by atoms with van der Waals surface area (Å²) in [6, 6.07) is 0.0389. The van der Waals surface area contributed by atoms with Gasteiger partial charge in [0, 0.05) is 12.6 Å². The van der Waals surface area contributed by atoms with E-state index in [1.54, 1.807) is 4.90 Å². The first-order chi connectivity index (χ1) is 8.89. The molecule has 0 aromatic carbocycles. The van der Waals surface area contributed by atoms with Crippen LogP contribution in [0.5, 0.6) is 0 Å². The van der Waals surface area contributed by atoms with Gasteiger partial charge in [-0.05, 0) is 32.2 Å². The minimum atomic E-state index is -4.40. The van der Waals surface area contributed by atoms with Gasteiger partial charge in [-0.25, -0.2) is 0 Å². The van der Waals surface area contributed by atoms with Crippen molar-refractivity contribution in [3.05, 3.63) is 0 Å². The number of hydrogen-bond acceptors (Lipinski definition) is 3. The highest BCUT2D eigenvalue weighted by atomic mass is 19.4. The second-order valence-corrected chi connectivity index (χ2v) is 4.78. The summed E-state index contributed by atoms with van der Waals surface area (Å²) in [5.74, 6) is -0.149. The van der Waals surface area contributed by atoms with Gasteiger partial charge in [0.15, 0.2) is 0 Å². The van der Waals surface area contributed by atoms with Gasteiger partial charge in [0.05, 0.1) is 0 Å². The van der Waals surface area contributed by atoms with Crippen LogP contribution in [0.2, 0.25) is 0 Å². The third kappa shape index (κ3) is 4.99. The number of halogens is 3. The van der Waals surface area contributed by atoms with Crippen molar-refractivity contribution in [1.29, 1.82) is 0 Å². The Morgan fingerprint density at radius 1 is 1.42 bits per heavy atom. The zero-order chi connectivity index (χ0) is 14.5. The molecule has 1 aliphatic carbocycles. The SMILES string of the molecule is CCN(C(=O)COCC(F)(F)F)C1CCCC1CN. The number of likely N-dealkylation sites (N-methyl/N-ethyl adjacent to an activating group) is 1. The van der Waals surface area contributed by atoms with Gasteiger partial charge in [-0.2, -0.15) is 13.2 Å². The van der Waals surface area contributed by atoms with E-state index in [1.807, 2.05) is 6.92 Å². The number of rotatable bonds is 6. The maximum absolute atomic E-state index is 11.9. The standard InChI is InChI=1S/C12H21F3N2O2/c1-2-17(10-5-3-4-9(10)6-16)11(18)7-19-8-12(13,14)15/h9-10H,2-8,16H2,1H3. The number of hydrogen-bond donors (Lipinski definition) is 1. The Morgan fingerprint density at radius 2 is 2.11 bits per heavy atom. The summed E-state index contributed by atoms with van der Waals surface area (Å²) in [4.78, 5) is 13.5. The minimum absolute atomic E-state index is 0.0389. The van der Waals surface area contributed by atoms with Gasteiger partial charge in [0.25, 0.3) is 0 Å². The van der Waals surface area contributed by atoms with Crippen molar-refractivity contribution in [3.8, 4) is 0 Å². The Kier molecular flexibility index (Phi) is 6.06. The van der Waals surface area contributed by atoms with E-state index in [9.17, 15) is 18.0 Å². The first kappa shape index (κ1) is 16.2. The molecule has 0 saturated heterocycles. The summed E-state index contributed by atoms with van der Waals surface area (Å²) < 4.78 is 40.2. The number of carbonyl (C=O) groups excluding carboxylic acids is 1. The largest absolute Gasteiger partial charge is 0.411 e. The van der Waals surface area contributed by atoms with Gasteiger partial charge in [-0.1, -0.05) is 6.42 Å². The van der Waals surface area contributed by atoms with Crippen LogP contribution in [-0.4, -0.2) is 49.3 Å². The molecule has 1 aliphatic rings. The molecule has 19 heavy (non-hydrogen) atoms. The first-order valence-corrected chi connectivity index (χ1v) is 6.53. The van der Waals surface area contributed by atoms with E-state index >= 15 is 0 Å². The molecule has 7 heteroatoms.